The summed E-state index contributed by atoms with van der Waals surface area (Å²) in [5.74, 6) is -0.646. The Kier molecular flexibility index (Phi) is 6.40. The number of nitrogens with one attached hydrogen (secondary N) is 1. The van der Waals surface area contributed by atoms with Crippen LogP contribution in [0, 0.1) is 5.82 Å². The van der Waals surface area contributed by atoms with Gasteiger partial charge in [0.15, 0.2) is 0 Å². The molecule has 2 fully saturated rings. The van der Waals surface area contributed by atoms with Crippen molar-refractivity contribution in [2.75, 3.05) is 32.8 Å². The van der Waals surface area contributed by atoms with E-state index in [-0.39, 0.29) is 33.5 Å². The Morgan fingerprint density at radius 1 is 1.15 bits per heavy atom. The molecule has 2 atom stereocenters. The summed E-state index contributed by atoms with van der Waals surface area (Å²) in [5, 5.41) is 6.66. The maximum absolute atomic E-state index is 13.5. The summed E-state index contributed by atoms with van der Waals surface area (Å²) in [7, 11) is 0. The molecule has 0 aliphatic carbocycles. The molecule has 0 saturated carbocycles. The number of fused-ring (bicyclic) bond motifs is 1. The van der Waals surface area contributed by atoms with Gasteiger partial charge in [0.05, 0.1) is 40.6 Å². The molecule has 2 saturated heterocycles. The average Bonchev–Trinajstić information content (AvgIpc) is 2.85. The molecule has 1 N–H and O–H groups in total. The summed E-state index contributed by atoms with van der Waals surface area (Å²) >= 11 is 12.5. The molecule has 1 amide bonds. The number of carbonyl (C=O) groups excluding carboxylic acids is 1. The molecule has 2 aliphatic rings. The van der Waals surface area contributed by atoms with Crippen LogP contribution < -0.4 is 5.43 Å². The number of hydrogen-bond donors (Lipinski definition) is 1. The summed E-state index contributed by atoms with van der Waals surface area (Å²) in [5.41, 5.74) is 1.73. The standard InChI is InChI=1S/C24H21Cl2FN4O3/c25-19-8-14(4-5-20(19)27)22-12-30-6-7-31(11-15(30)13-34-22)24(33)17-3-1-2-16(23(17)26)18-9-28-29-10-21(18)32/h1-5,8-10,15,22H,6-7,11-13H2,(H,28,32)/t15-,22-/m0/s1. The highest BCUT2D eigenvalue weighted by molar-refractivity contribution is 6.36. The first-order valence-electron chi connectivity index (χ1n) is 10.8. The number of halogens is 3. The Morgan fingerprint density at radius 3 is 2.79 bits per heavy atom. The van der Waals surface area contributed by atoms with Crippen LogP contribution in [0.5, 0.6) is 0 Å². The van der Waals surface area contributed by atoms with Gasteiger partial charge in [-0.05, 0) is 23.8 Å². The number of ether oxygens (including phenoxy) is 1. The number of aromatic nitrogens is 2. The zero-order valence-electron chi connectivity index (χ0n) is 18.0. The van der Waals surface area contributed by atoms with E-state index in [4.69, 9.17) is 27.9 Å². The second kappa shape index (κ2) is 9.46. The van der Waals surface area contributed by atoms with Gasteiger partial charge >= 0.3 is 0 Å². The molecule has 3 aromatic rings. The molecule has 3 heterocycles. The van der Waals surface area contributed by atoms with Gasteiger partial charge in [0.2, 0.25) is 5.43 Å². The molecule has 34 heavy (non-hydrogen) atoms. The normalized spacial score (nSPS) is 20.7. The Morgan fingerprint density at radius 2 is 2.00 bits per heavy atom. The summed E-state index contributed by atoms with van der Waals surface area (Å²) in [4.78, 5) is 29.6. The summed E-state index contributed by atoms with van der Waals surface area (Å²) in [6.07, 6.45) is 2.44. The number of piperazine rings is 1. The number of H-pyrrole nitrogens is 1. The first-order chi connectivity index (χ1) is 16.4. The summed E-state index contributed by atoms with van der Waals surface area (Å²) in [6, 6.07) is 9.77. The second-order valence-corrected chi connectivity index (χ2v) is 9.16. The highest BCUT2D eigenvalue weighted by atomic mass is 35.5. The molecule has 10 heteroatoms. The van der Waals surface area contributed by atoms with Crippen LogP contribution in [-0.4, -0.2) is 64.7 Å². The molecule has 0 radical (unpaired) electrons. The predicted molar refractivity (Wildman–Crippen MR) is 127 cm³/mol. The van der Waals surface area contributed by atoms with Gasteiger partial charge in [0.1, 0.15) is 5.82 Å². The Labute approximate surface area is 205 Å². The van der Waals surface area contributed by atoms with E-state index in [1.54, 1.807) is 35.2 Å². The van der Waals surface area contributed by atoms with Crippen molar-refractivity contribution in [1.29, 1.82) is 0 Å². The number of rotatable bonds is 3. The zero-order chi connectivity index (χ0) is 23.8. The predicted octanol–water partition coefficient (Wildman–Crippen LogP) is 3.78. The van der Waals surface area contributed by atoms with E-state index in [0.717, 1.165) is 5.56 Å². The number of morpholine rings is 1. The molecular weight excluding hydrogens is 482 g/mol. The quantitative estimate of drug-likeness (QED) is 0.589. The van der Waals surface area contributed by atoms with Crippen molar-refractivity contribution in [1.82, 2.24) is 20.0 Å². The molecule has 2 aromatic carbocycles. The van der Waals surface area contributed by atoms with E-state index >= 15 is 0 Å². The largest absolute Gasteiger partial charge is 0.370 e. The topological polar surface area (TPSA) is 78.5 Å². The van der Waals surface area contributed by atoms with E-state index < -0.39 is 5.82 Å². The second-order valence-electron chi connectivity index (χ2n) is 8.37. The van der Waals surface area contributed by atoms with Crippen LogP contribution in [-0.2, 0) is 4.74 Å². The van der Waals surface area contributed by atoms with Gasteiger partial charge in [-0.25, -0.2) is 4.39 Å². The van der Waals surface area contributed by atoms with Crippen molar-refractivity contribution in [3.8, 4) is 11.1 Å². The van der Waals surface area contributed by atoms with Gasteiger partial charge in [0, 0.05) is 43.5 Å². The van der Waals surface area contributed by atoms with Gasteiger partial charge < -0.3 is 9.64 Å². The van der Waals surface area contributed by atoms with E-state index in [1.165, 1.54) is 18.5 Å². The zero-order valence-corrected chi connectivity index (χ0v) is 19.5. The van der Waals surface area contributed by atoms with Crippen LogP contribution in [0.15, 0.2) is 53.6 Å². The lowest BCUT2D eigenvalue weighted by molar-refractivity contribution is -0.0858. The molecule has 1 aromatic heterocycles. The minimum atomic E-state index is -0.456. The first kappa shape index (κ1) is 23.0. The molecule has 7 nitrogen and oxygen atoms in total. The number of benzene rings is 2. The van der Waals surface area contributed by atoms with Crippen LogP contribution >= 0.6 is 23.2 Å². The lowest BCUT2D eigenvalue weighted by atomic mass is 10.0. The maximum atomic E-state index is 13.5. The monoisotopic (exact) mass is 502 g/mol. The molecule has 0 spiro atoms. The van der Waals surface area contributed by atoms with Crippen molar-refractivity contribution in [2.24, 2.45) is 0 Å². The molecule has 2 aliphatic heterocycles. The SMILES string of the molecule is O=C(c1cccc(-c2c[nH]ncc2=O)c1Cl)N1CCN2C[C@@H](c3ccc(F)c(Cl)c3)OC[C@@H]2C1. The van der Waals surface area contributed by atoms with Crippen molar-refractivity contribution in [2.45, 2.75) is 12.1 Å². The van der Waals surface area contributed by atoms with Gasteiger partial charge in [-0.3, -0.25) is 19.6 Å². The molecule has 0 bridgehead atoms. The van der Waals surface area contributed by atoms with Crippen molar-refractivity contribution >= 4 is 29.1 Å². The Hall–Kier alpha value is -2.78. The van der Waals surface area contributed by atoms with Gasteiger partial charge in [-0.1, -0.05) is 41.4 Å². The number of carbonyl (C=O) groups is 1. The number of aromatic amines is 1. The van der Waals surface area contributed by atoms with E-state index in [1.807, 2.05) is 0 Å². The third-order valence-corrected chi connectivity index (χ3v) is 7.04. The first-order valence-corrected chi connectivity index (χ1v) is 11.6. The van der Waals surface area contributed by atoms with Crippen LogP contribution in [0.1, 0.15) is 22.0 Å². The fourth-order valence-corrected chi connectivity index (χ4v) is 5.00. The van der Waals surface area contributed by atoms with Crippen LogP contribution in [0.2, 0.25) is 10.0 Å². The lowest BCUT2D eigenvalue weighted by Gasteiger charge is -2.46. The summed E-state index contributed by atoms with van der Waals surface area (Å²) in [6.45, 7) is 2.76. The van der Waals surface area contributed by atoms with E-state index in [0.29, 0.717) is 49.5 Å². The van der Waals surface area contributed by atoms with E-state index in [2.05, 4.69) is 15.1 Å². The average molecular weight is 503 g/mol. The minimum absolute atomic E-state index is 0.0369. The molecule has 5 rings (SSSR count). The third-order valence-electron chi connectivity index (χ3n) is 6.35. The van der Waals surface area contributed by atoms with E-state index in [9.17, 15) is 14.0 Å². The minimum Gasteiger partial charge on any atom is -0.370 e. The van der Waals surface area contributed by atoms with Crippen LogP contribution in [0.25, 0.3) is 11.1 Å². The molecule has 0 unspecified atom stereocenters. The van der Waals surface area contributed by atoms with Crippen LogP contribution in [0.3, 0.4) is 0 Å². The number of nitrogens with zero attached hydrogens (tertiary/aromatic N) is 3. The van der Waals surface area contributed by atoms with Crippen molar-refractivity contribution in [3.63, 3.8) is 0 Å². The fraction of sp³-hybridized carbons (Fsp3) is 0.292. The third kappa shape index (κ3) is 4.34. The number of hydrogen-bond acceptors (Lipinski definition) is 5. The van der Waals surface area contributed by atoms with Crippen molar-refractivity contribution in [3.05, 3.63) is 86.0 Å². The van der Waals surface area contributed by atoms with Crippen LogP contribution in [0.4, 0.5) is 4.39 Å². The highest BCUT2D eigenvalue weighted by Crippen LogP contribution is 2.32. The highest BCUT2D eigenvalue weighted by Gasteiger charge is 2.36. The fourth-order valence-electron chi connectivity index (χ4n) is 4.51. The van der Waals surface area contributed by atoms with Gasteiger partial charge in [0.25, 0.3) is 5.91 Å². The maximum Gasteiger partial charge on any atom is 0.255 e. The van der Waals surface area contributed by atoms with Gasteiger partial charge in [-0.2, -0.15) is 5.10 Å². The number of amides is 1. The Balaban J connectivity index is 1.30. The molecular formula is C24H21Cl2FN4O3. The van der Waals surface area contributed by atoms with Gasteiger partial charge in [-0.15, -0.1) is 0 Å². The lowest BCUT2D eigenvalue weighted by Crippen LogP contribution is -2.59. The summed E-state index contributed by atoms with van der Waals surface area (Å²) < 4.78 is 19.6. The van der Waals surface area contributed by atoms with Crippen molar-refractivity contribution < 1.29 is 13.9 Å². The Bertz CT molecular complexity index is 1300. The molecule has 176 valence electrons. The smallest absolute Gasteiger partial charge is 0.255 e.